The minimum absolute atomic E-state index is 0.0209. The van der Waals surface area contributed by atoms with E-state index in [0.29, 0.717) is 18.3 Å². The molecule has 0 amide bonds. The van der Waals surface area contributed by atoms with Crippen molar-refractivity contribution in [1.29, 1.82) is 0 Å². The van der Waals surface area contributed by atoms with Gasteiger partial charge in [0.25, 0.3) is 0 Å². The second-order valence-electron chi connectivity index (χ2n) is 6.69. The van der Waals surface area contributed by atoms with Gasteiger partial charge < -0.3 is 9.47 Å². The molecule has 1 unspecified atom stereocenters. The van der Waals surface area contributed by atoms with E-state index in [9.17, 15) is 4.79 Å². The van der Waals surface area contributed by atoms with Crippen LogP contribution < -0.4 is 9.47 Å². The molecule has 1 aromatic heterocycles. The first-order valence-corrected chi connectivity index (χ1v) is 8.35. The topological polar surface area (TPSA) is 48.4 Å². The highest BCUT2D eigenvalue weighted by Gasteiger charge is 2.32. The summed E-state index contributed by atoms with van der Waals surface area (Å²) in [5.41, 5.74) is 2.96. The molecule has 1 atom stereocenters. The lowest BCUT2D eigenvalue weighted by Gasteiger charge is -2.13. The lowest BCUT2D eigenvalue weighted by molar-refractivity contribution is 0.0936. The Labute approximate surface area is 142 Å². The Hall–Kier alpha value is -2.36. The number of ether oxygens (including phenoxy) is 2. The number of fused-ring (bicyclic) bond motifs is 1. The van der Waals surface area contributed by atoms with Gasteiger partial charge in [-0.2, -0.15) is 0 Å². The number of benzene rings is 1. The van der Waals surface area contributed by atoms with E-state index in [2.05, 4.69) is 18.8 Å². The number of rotatable bonds is 6. The van der Waals surface area contributed by atoms with Crippen LogP contribution in [0.4, 0.5) is 0 Å². The summed E-state index contributed by atoms with van der Waals surface area (Å²) in [7, 11) is 1.61. The SMILES string of the molecule is COc1cc2c(cc1OCC(C)C)CC(Cc1ccncc1)C2=O. The Balaban J connectivity index is 1.82. The predicted octanol–water partition coefficient (Wildman–Crippen LogP) is 3.72. The van der Waals surface area contributed by atoms with Gasteiger partial charge in [0.05, 0.1) is 13.7 Å². The van der Waals surface area contributed by atoms with Crippen molar-refractivity contribution in [2.45, 2.75) is 26.7 Å². The van der Waals surface area contributed by atoms with Gasteiger partial charge in [0, 0.05) is 23.9 Å². The number of ketones is 1. The standard InChI is InChI=1S/C20H23NO3/c1-13(2)12-24-19-10-15-9-16(8-14-4-6-21-7-5-14)20(22)17(15)11-18(19)23-3/h4-7,10-11,13,16H,8-9,12H2,1-3H3. The molecule has 0 aliphatic heterocycles. The molecule has 3 rings (SSSR count). The fourth-order valence-corrected chi connectivity index (χ4v) is 3.08. The zero-order valence-electron chi connectivity index (χ0n) is 14.4. The number of methoxy groups -OCH3 is 1. The van der Waals surface area contributed by atoms with Crippen LogP contribution in [0.3, 0.4) is 0 Å². The van der Waals surface area contributed by atoms with Crippen molar-refractivity contribution in [1.82, 2.24) is 4.98 Å². The van der Waals surface area contributed by atoms with Crippen LogP contribution in [0.25, 0.3) is 0 Å². The van der Waals surface area contributed by atoms with Gasteiger partial charge in [-0.25, -0.2) is 0 Å². The lowest BCUT2D eigenvalue weighted by Crippen LogP contribution is -2.12. The van der Waals surface area contributed by atoms with E-state index in [1.165, 1.54) is 0 Å². The van der Waals surface area contributed by atoms with Gasteiger partial charge in [-0.3, -0.25) is 9.78 Å². The summed E-state index contributed by atoms with van der Waals surface area (Å²) in [6, 6.07) is 7.74. The van der Waals surface area contributed by atoms with Crippen molar-refractivity contribution in [2.24, 2.45) is 11.8 Å². The molecule has 1 heterocycles. The first kappa shape index (κ1) is 16.5. The molecule has 0 radical (unpaired) electrons. The number of pyridine rings is 1. The van der Waals surface area contributed by atoms with E-state index in [0.717, 1.165) is 35.3 Å². The minimum Gasteiger partial charge on any atom is -0.493 e. The molecule has 1 aromatic carbocycles. The highest BCUT2D eigenvalue weighted by molar-refractivity contribution is 6.03. The van der Waals surface area contributed by atoms with E-state index in [1.54, 1.807) is 19.5 Å². The number of hydrogen-bond acceptors (Lipinski definition) is 4. The Bertz CT molecular complexity index is 725. The van der Waals surface area contributed by atoms with Crippen LogP contribution in [0, 0.1) is 11.8 Å². The Morgan fingerprint density at radius 1 is 1.21 bits per heavy atom. The quantitative estimate of drug-likeness (QED) is 0.812. The number of carbonyl (C=O) groups is 1. The third kappa shape index (κ3) is 3.42. The maximum atomic E-state index is 12.7. The van der Waals surface area contributed by atoms with Crippen LogP contribution in [0.1, 0.15) is 35.3 Å². The first-order chi connectivity index (χ1) is 11.6. The number of hydrogen-bond donors (Lipinski definition) is 0. The average molecular weight is 325 g/mol. The molecule has 0 spiro atoms. The third-order valence-corrected chi connectivity index (χ3v) is 4.30. The molecule has 0 bridgehead atoms. The number of Topliss-reactive ketones (excluding diaryl/α,β-unsaturated/α-hetero) is 1. The van der Waals surface area contributed by atoms with Gasteiger partial charge in [0.15, 0.2) is 17.3 Å². The van der Waals surface area contributed by atoms with Crippen LogP contribution in [0.2, 0.25) is 0 Å². The Morgan fingerprint density at radius 3 is 2.62 bits per heavy atom. The van der Waals surface area contributed by atoms with Crippen molar-refractivity contribution in [3.05, 3.63) is 53.3 Å². The number of nitrogens with zero attached hydrogens (tertiary/aromatic N) is 1. The van der Waals surface area contributed by atoms with Crippen molar-refractivity contribution in [3.8, 4) is 11.5 Å². The molecule has 1 aliphatic rings. The second kappa shape index (κ2) is 7.04. The van der Waals surface area contributed by atoms with Gasteiger partial charge in [0.1, 0.15) is 0 Å². The maximum absolute atomic E-state index is 12.7. The fourth-order valence-electron chi connectivity index (χ4n) is 3.08. The number of carbonyl (C=O) groups excluding carboxylic acids is 1. The number of aromatic nitrogens is 1. The summed E-state index contributed by atoms with van der Waals surface area (Å²) in [4.78, 5) is 16.8. The normalized spacial score (nSPS) is 16.3. The van der Waals surface area contributed by atoms with Crippen molar-refractivity contribution >= 4 is 5.78 Å². The van der Waals surface area contributed by atoms with Gasteiger partial charge in [-0.05, 0) is 54.2 Å². The Kier molecular flexibility index (Phi) is 4.84. The van der Waals surface area contributed by atoms with Gasteiger partial charge in [0.2, 0.25) is 0 Å². The zero-order valence-corrected chi connectivity index (χ0v) is 14.4. The molecule has 4 heteroatoms. The van der Waals surface area contributed by atoms with Crippen LogP contribution in [-0.2, 0) is 12.8 Å². The van der Waals surface area contributed by atoms with E-state index in [1.807, 2.05) is 24.3 Å². The summed E-state index contributed by atoms with van der Waals surface area (Å²) < 4.78 is 11.3. The van der Waals surface area contributed by atoms with Crippen LogP contribution in [0.5, 0.6) is 11.5 Å². The first-order valence-electron chi connectivity index (χ1n) is 8.35. The molecule has 0 saturated heterocycles. The van der Waals surface area contributed by atoms with E-state index < -0.39 is 0 Å². The van der Waals surface area contributed by atoms with Crippen molar-refractivity contribution in [3.63, 3.8) is 0 Å². The van der Waals surface area contributed by atoms with Crippen molar-refractivity contribution < 1.29 is 14.3 Å². The van der Waals surface area contributed by atoms with Gasteiger partial charge in [-0.15, -0.1) is 0 Å². The molecular weight excluding hydrogens is 302 g/mol. The van der Waals surface area contributed by atoms with Gasteiger partial charge >= 0.3 is 0 Å². The molecule has 0 fully saturated rings. The van der Waals surface area contributed by atoms with Gasteiger partial charge in [-0.1, -0.05) is 13.8 Å². The Morgan fingerprint density at radius 2 is 1.96 bits per heavy atom. The van der Waals surface area contributed by atoms with Crippen LogP contribution >= 0.6 is 0 Å². The summed E-state index contributed by atoms with van der Waals surface area (Å²) in [6.45, 7) is 4.84. The zero-order chi connectivity index (χ0) is 17.1. The highest BCUT2D eigenvalue weighted by atomic mass is 16.5. The van der Waals surface area contributed by atoms with Crippen LogP contribution in [0.15, 0.2) is 36.7 Å². The molecular formula is C20H23NO3. The summed E-state index contributed by atoms with van der Waals surface area (Å²) >= 11 is 0. The van der Waals surface area contributed by atoms with E-state index in [4.69, 9.17) is 9.47 Å². The van der Waals surface area contributed by atoms with Crippen LogP contribution in [-0.4, -0.2) is 24.5 Å². The lowest BCUT2D eigenvalue weighted by atomic mass is 9.96. The summed E-state index contributed by atoms with van der Waals surface area (Å²) in [5, 5.41) is 0. The average Bonchev–Trinajstić information content (AvgIpc) is 2.88. The fraction of sp³-hybridized carbons (Fsp3) is 0.400. The molecule has 0 saturated carbocycles. The molecule has 2 aromatic rings. The summed E-state index contributed by atoms with van der Waals surface area (Å²) in [5.74, 6) is 1.96. The third-order valence-electron chi connectivity index (χ3n) is 4.30. The summed E-state index contributed by atoms with van der Waals surface area (Å²) in [6.07, 6.45) is 5.02. The molecule has 0 N–H and O–H groups in total. The molecule has 1 aliphatic carbocycles. The van der Waals surface area contributed by atoms with Crippen molar-refractivity contribution in [2.75, 3.05) is 13.7 Å². The van der Waals surface area contributed by atoms with E-state index in [-0.39, 0.29) is 11.7 Å². The molecule has 4 nitrogen and oxygen atoms in total. The monoisotopic (exact) mass is 325 g/mol. The minimum atomic E-state index is -0.0209. The maximum Gasteiger partial charge on any atom is 0.167 e. The second-order valence-corrected chi connectivity index (χ2v) is 6.69. The van der Waals surface area contributed by atoms with E-state index >= 15 is 0 Å². The molecule has 24 heavy (non-hydrogen) atoms. The molecule has 126 valence electrons. The largest absolute Gasteiger partial charge is 0.493 e. The highest BCUT2D eigenvalue weighted by Crippen LogP contribution is 2.38. The smallest absolute Gasteiger partial charge is 0.167 e. The predicted molar refractivity (Wildman–Crippen MR) is 92.8 cm³/mol.